The van der Waals surface area contributed by atoms with Crippen molar-refractivity contribution in [1.82, 2.24) is 4.90 Å². The predicted molar refractivity (Wildman–Crippen MR) is 125 cm³/mol. The van der Waals surface area contributed by atoms with Crippen molar-refractivity contribution in [3.05, 3.63) is 11.6 Å². The summed E-state index contributed by atoms with van der Waals surface area (Å²) in [5.41, 5.74) is 2.52. The minimum absolute atomic E-state index is 0.0117. The van der Waals surface area contributed by atoms with E-state index in [1.807, 2.05) is 0 Å². The SMILES string of the molecule is C[C@]12CC[C@H]3[C@H](CCC4=C/C(=N/OCC(=O)N5C[C@H](O)C[C@@H]5C(=O)O)CC[C@@]43C)[C@@H]1CC[C@@H]2O. The lowest BCUT2D eigenvalue weighted by molar-refractivity contribution is -0.150. The summed E-state index contributed by atoms with van der Waals surface area (Å²) in [6, 6.07) is -1.01. The Morgan fingerprint density at radius 1 is 1.12 bits per heavy atom. The number of fused-ring (bicyclic) bond motifs is 5. The molecule has 188 valence electrons. The molecule has 5 rings (SSSR count). The molecule has 0 radical (unpaired) electrons. The topological polar surface area (TPSA) is 120 Å². The van der Waals surface area contributed by atoms with E-state index in [2.05, 4.69) is 25.1 Å². The number of β-amino-alcohol motifs (C(OH)–C–C–N with tert-alkyl or cyclic N) is 1. The van der Waals surface area contributed by atoms with Crippen molar-refractivity contribution in [1.29, 1.82) is 0 Å². The normalized spacial score (nSPS) is 44.8. The molecule has 1 saturated heterocycles. The number of aliphatic hydroxyl groups is 2. The number of aliphatic carboxylic acids is 1. The van der Waals surface area contributed by atoms with E-state index in [-0.39, 0.29) is 36.5 Å². The third-order valence-corrected chi connectivity index (χ3v) is 10.2. The van der Waals surface area contributed by atoms with E-state index in [0.717, 1.165) is 44.2 Å². The van der Waals surface area contributed by atoms with Gasteiger partial charge in [-0.1, -0.05) is 24.6 Å². The zero-order chi connectivity index (χ0) is 24.3. The van der Waals surface area contributed by atoms with Gasteiger partial charge in [0.2, 0.25) is 0 Å². The van der Waals surface area contributed by atoms with E-state index < -0.39 is 24.0 Å². The van der Waals surface area contributed by atoms with Crippen LogP contribution in [0.15, 0.2) is 16.8 Å². The quantitative estimate of drug-likeness (QED) is 0.539. The molecular weight excluding hydrogens is 436 g/mol. The maximum atomic E-state index is 12.4. The van der Waals surface area contributed by atoms with Gasteiger partial charge in [0.1, 0.15) is 6.04 Å². The fourth-order valence-corrected chi connectivity index (χ4v) is 8.19. The number of likely N-dealkylation sites (tertiary alicyclic amines) is 1. The maximum Gasteiger partial charge on any atom is 0.326 e. The van der Waals surface area contributed by atoms with E-state index in [4.69, 9.17) is 4.84 Å². The van der Waals surface area contributed by atoms with Gasteiger partial charge in [-0.3, -0.25) is 4.79 Å². The number of rotatable bonds is 4. The van der Waals surface area contributed by atoms with Gasteiger partial charge in [-0.05, 0) is 86.0 Å². The highest BCUT2D eigenvalue weighted by atomic mass is 16.6. The van der Waals surface area contributed by atoms with Crippen LogP contribution in [0.25, 0.3) is 0 Å². The third-order valence-electron chi connectivity index (χ3n) is 10.2. The largest absolute Gasteiger partial charge is 0.480 e. The van der Waals surface area contributed by atoms with Crippen molar-refractivity contribution in [2.75, 3.05) is 13.2 Å². The van der Waals surface area contributed by atoms with Crippen LogP contribution < -0.4 is 0 Å². The number of nitrogens with zero attached hydrogens (tertiary/aromatic N) is 2. The van der Waals surface area contributed by atoms with E-state index in [1.54, 1.807) is 0 Å². The smallest absolute Gasteiger partial charge is 0.326 e. The first-order valence-corrected chi connectivity index (χ1v) is 12.9. The summed E-state index contributed by atoms with van der Waals surface area (Å²) in [5.74, 6) is 0.380. The molecular formula is C26H38N2O6. The zero-order valence-electron chi connectivity index (χ0n) is 20.3. The van der Waals surface area contributed by atoms with Gasteiger partial charge in [-0.25, -0.2) is 4.79 Å². The fourth-order valence-electron chi connectivity index (χ4n) is 8.19. The summed E-state index contributed by atoms with van der Waals surface area (Å²) in [6.45, 7) is 4.41. The summed E-state index contributed by atoms with van der Waals surface area (Å²) in [4.78, 5) is 30.3. The molecule has 1 aliphatic heterocycles. The summed E-state index contributed by atoms with van der Waals surface area (Å²) in [5, 5.41) is 33.9. The number of amides is 1. The van der Waals surface area contributed by atoms with Gasteiger partial charge in [0, 0.05) is 13.0 Å². The minimum atomic E-state index is -1.11. The van der Waals surface area contributed by atoms with E-state index in [1.165, 1.54) is 23.3 Å². The van der Waals surface area contributed by atoms with Gasteiger partial charge >= 0.3 is 5.97 Å². The molecule has 4 fully saturated rings. The standard InChI is InChI=1S/C26H38N2O6/c1-25-9-7-16(27-34-14-23(31)28-13-17(29)12-21(28)24(32)33)11-15(25)3-4-18-19-5-6-22(30)26(19,2)10-8-20(18)25/h11,17-22,29-30H,3-10,12-14H2,1-2H3,(H,32,33)/b27-16+/t17-,18-,19+,20+,21-,22+,25+,26+/m1/s1. The van der Waals surface area contributed by atoms with Crippen molar-refractivity contribution in [3.8, 4) is 0 Å². The second kappa shape index (κ2) is 8.63. The highest BCUT2D eigenvalue weighted by Gasteiger charge is 2.58. The van der Waals surface area contributed by atoms with Crippen LogP contribution in [0.1, 0.15) is 71.6 Å². The number of carbonyl (C=O) groups excluding carboxylic acids is 1. The Labute approximate surface area is 201 Å². The van der Waals surface area contributed by atoms with Gasteiger partial charge in [0.05, 0.1) is 17.9 Å². The van der Waals surface area contributed by atoms with Gasteiger partial charge in [-0.2, -0.15) is 0 Å². The number of hydrogen-bond acceptors (Lipinski definition) is 6. The van der Waals surface area contributed by atoms with E-state index in [9.17, 15) is 24.9 Å². The van der Waals surface area contributed by atoms with Crippen molar-refractivity contribution in [2.24, 2.45) is 33.7 Å². The van der Waals surface area contributed by atoms with Crippen molar-refractivity contribution in [3.63, 3.8) is 0 Å². The number of hydrogen-bond donors (Lipinski definition) is 3. The van der Waals surface area contributed by atoms with Gasteiger partial charge in [0.25, 0.3) is 5.91 Å². The molecule has 0 spiro atoms. The summed E-state index contributed by atoms with van der Waals surface area (Å²) >= 11 is 0. The Kier molecular flexibility index (Phi) is 6.04. The number of oxime groups is 1. The molecule has 0 aromatic carbocycles. The minimum Gasteiger partial charge on any atom is -0.480 e. The van der Waals surface area contributed by atoms with Crippen LogP contribution in [0, 0.1) is 28.6 Å². The lowest BCUT2D eigenvalue weighted by atomic mass is 9.47. The van der Waals surface area contributed by atoms with Crippen molar-refractivity contribution >= 4 is 17.6 Å². The van der Waals surface area contributed by atoms with Crippen LogP contribution in [0.4, 0.5) is 0 Å². The molecule has 0 bridgehead atoms. The molecule has 4 aliphatic carbocycles. The number of carbonyl (C=O) groups is 2. The third kappa shape index (κ3) is 3.77. The number of aliphatic hydroxyl groups excluding tert-OH is 2. The fraction of sp³-hybridized carbons (Fsp3) is 0.808. The maximum absolute atomic E-state index is 12.4. The Morgan fingerprint density at radius 2 is 1.91 bits per heavy atom. The van der Waals surface area contributed by atoms with Crippen LogP contribution >= 0.6 is 0 Å². The van der Waals surface area contributed by atoms with Crippen molar-refractivity contribution in [2.45, 2.75) is 89.9 Å². The molecule has 5 aliphatic rings. The molecule has 3 N–H and O–H groups in total. The summed E-state index contributed by atoms with van der Waals surface area (Å²) < 4.78 is 0. The lowest BCUT2D eigenvalue weighted by Gasteiger charge is -2.57. The molecule has 3 saturated carbocycles. The van der Waals surface area contributed by atoms with E-state index in [0.29, 0.717) is 17.8 Å². The number of carboxylic acids is 1. The molecule has 0 aromatic heterocycles. The molecule has 0 aromatic rings. The number of carboxylic acid groups (broad SMARTS) is 1. The Balaban J connectivity index is 1.24. The summed E-state index contributed by atoms with van der Waals surface area (Å²) in [6.07, 6.45) is 9.64. The van der Waals surface area contributed by atoms with Gasteiger partial charge < -0.3 is 25.1 Å². The zero-order valence-corrected chi connectivity index (χ0v) is 20.3. The highest BCUT2D eigenvalue weighted by molar-refractivity contribution is 5.96. The summed E-state index contributed by atoms with van der Waals surface area (Å²) in [7, 11) is 0. The van der Waals surface area contributed by atoms with Gasteiger partial charge in [0.15, 0.2) is 6.61 Å². The molecule has 0 unspecified atom stereocenters. The predicted octanol–water partition coefficient (Wildman–Crippen LogP) is 2.73. The first-order valence-electron chi connectivity index (χ1n) is 12.9. The van der Waals surface area contributed by atoms with Crippen LogP contribution in [0.3, 0.4) is 0 Å². The molecule has 1 amide bonds. The first-order chi connectivity index (χ1) is 16.1. The lowest BCUT2D eigenvalue weighted by Crippen LogP contribution is -2.51. The molecule has 8 atom stereocenters. The van der Waals surface area contributed by atoms with Crippen molar-refractivity contribution < 1.29 is 29.7 Å². The molecule has 1 heterocycles. The second-order valence-electron chi connectivity index (χ2n) is 11.8. The Morgan fingerprint density at radius 3 is 2.68 bits per heavy atom. The monoisotopic (exact) mass is 474 g/mol. The Hall–Kier alpha value is -1.93. The van der Waals surface area contributed by atoms with E-state index >= 15 is 0 Å². The van der Waals surface area contributed by atoms with Crippen LogP contribution in [0.5, 0.6) is 0 Å². The Bertz CT molecular complexity index is 917. The first kappa shape index (κ1) is 23.8. The highest BCUT2D eigenvalue weighted by Crippen LogP contribution is 2.65. The van der Waals surface area contributed by atoms with Crippen LogP contribution in [0.2, 0.25) is 0 Å². The molecule has 8 nitrogen and oxygen atoms in total. The number of allylic oxidation sites excluding steroid dienone is 2. The van der Waals surface area contributed by atoms with Crippen LogP contribution in [-0.2, 0) is 14.4 Å². The average molecular weight is 475 g/mol. The van der Waals surface area contributed by atoms with Crippen LogP contribution in [-0.4, -0.2) is 69.2 Å². The van der Waals surface area contributed by atoms with Gasteiger partial charge in [-0.15, -0.1) is 0 Å². The second-order valence-corrected chi connectivity index (χ2v) is 11.8. The molecule has 34 heavy (non-hydrogen) atoms. The molecule has 8 heteroatoms. The average Bonchev–Trinajstić information content (AvgIpc) is 3.33.